The minimum Gasteiger partial charge on any atom is -0.480 e. The topological polar surface area (TPSA) is 67.5 Å². The van der Waals surface area contributed by atoms with E-state index in [1.807, 2.05) is 0 Å². The van der Waals surface area contributed by atoms with E-state index in [1.54, 1.807) is 6.26 Å². The molecule has 1 aromatic rings. The van der Waals surface area contributed by atoms with Crippen LogP contribution in [0.3, 0.4) is 0 Å². The van der Waals surface area contributed by atoms with Crippen LogP contribution in [0.1, 0.15) is 10.8 Å². The van der Waals surface area contributed by atoms with Gasteiger partial charge in [-0.2, -0.15) is 0 Å². The largest absolute Gasteiger partial charge is 0.480 e. The second kappa shape index (κ2) is 4.13. The van der Waals surface area contributed by atoms with Crippen molar-refractivity contribution in [1.29, 1.82) is 0 Å². The fourth-order valence-electron chi connectivity index (χ4n) is 0.935. The third kappa shape index (κ3) is 2.12. The maximum Gasteiger partial charge on any atom is 0.340 e. The summed E-state index contributed by atoms with van der Waals surface area (Å²) in [6.07, 6.45) is 2.86. The molecule has 1 rings (SSSR count). The average molecular weight is 200 g/mol. The number of carboxylic acid groups (broad SMARTS) is 1. The van der Waals surface area contributed by atoms with Crippen molar-refractivity contribution in [3.8, 4) is 0 Å². The van der Waals surface area contributed by atoms with Gasteiger partial charge in [-0.25, -0.2) is 4.79 Å². The van der Waals surface area contributed by atoms with Crippen molar-refractivity contribution in [1.82, 2.24) is 0 Å². The van der Waals surface area contributed by atoms with Gasteiger partial charge in [-0.05, 0) is 18.4 Å². The third-order valence-electron chi connectivity index (χ3n) is 1.51. The predicted molar refractivity (Wildman–Crippen MR) is 48.9 cm³/mol. The van der Waals surface area contributed by atoms with E-state index >= 15 is 0 Å². The van der Waals surface area contributed by atoms with E-state index in [2.05, 4.69) is 4.42 Å². The number of carboxylic acids is 1. The fourth-order valence-corrected chi connectivity index (χ4v) is 1.57. The highest BCUT2D eigenvalue weighted by molar-refractivity contribution is 7.99. The molecule has 1 N–H and O–H groups in total. The molecule has 5 heteroatoms. The van der Waals surface area contributed by atoms with Crippen LogP contribution in [0.25, 0.3) is 0 Å². The summed E-state index contributed by atoms with van der Waals surface area (Å²) in [5.41, 5.74) is -0.424. The lowest BCUT2D eigenvalue weighted by Crippen LogP contribution is -2.16. The molecule has 0 aromatic carbocycles. The summed E-state index contributed by atoms with van der Waals surface area (Å²) in [6.45, 7) is 0. The molecule has 0 saturated carbocycles. The maximum atomic E-state index is 11.1. The Labute approximate surface area is 78.6 Å². The molecule has 1 heterocycles. The zero-order chi connectivity index (χ0) is 9.84. The molecule has 1 unspecified atom stereocenters. The van der Waals surface area contributed by atoms with E-state index in [4.69, 9.17) is 5.11 Å². The first-order valence-corrected chi connectivity index (χ1v) is 4.79. The lowest BCUT2D eigenvalue weighted by atomic mass is 10.2. The van der Waals surface area contributed by atoms with Crippen LogP contribution in [0.5, 0.6) is 0 Å². The molecule has 0 radical (unpaired) electrons. The van der Waals surface area contributed by atoms with Crippen molar-refractivity contribution in [3.05, 3.63) is 34.4 Å². The monoisotopic (exact) mass is 200 g/mol. The minimum absolute atomic E-state index is 0.169. The van der Waals surface area contributed by atoms with Crippen LogP contribution in [0.4, 0.5) is 0 Å². The molecule has 1 atom stereocenters. The highest BCUT2D eigenvalue weighted by Crippen LogP contribution is 2.23. The van der Waals surface area contributed by atoms with E-state index in [9.17, 15) is 9.59 Å². The Bertz CT molecular complexity index is 357. The van der Waals surface area contributed by atoms with Crippen LogP contribution in [0.2, 0.25) is 0 Å². The number of hydrogen-bond donors (Lipinski definition) is 1. The van der Waals surface area contributed by atoms with E-state index in [1.165, 1.54) is 18.4 Å². The van der Waals surface area contributed by atoms with Gasteiger partial charge in [0.15, 0.2) is 0 Å². The second-order valence-corrected chi connectivity index (χ2v) is 3.25. The molecule has 0 spiro atoms. The fraction of sp³-hybridized carbons (Fsp3) is 0.250. The summed E-state index contributed by atoms with van der Waals surface area (Å²) in [7, 11) is 0. The maximum absolute atomic E-state index is 11.1. The lowest BCUT2D eigenvalue weighted by Gasteiger charge is -2.06. The van der Waals surface area contributed by atoms with Gasteiger partial charge in [0.05, 0.1) is 11.8 Å². The first-order valence-electron chi connectivity index (χ1n) is 3.50. The number of thioether (sulfide) groups is 1. The summed E-state index contributed by atoms with van der Waals surface area (Å²) < 4.78 is 4.56. The van der Waals surface area contributed by atoms with Gasteiger partial charge in [0.2, 0.25) is 0 Å². The van der Waals surface area contributed by atoms with Crippen LogP contribution in [0.15, 0.2) is 27.6 Å². The molecule has 0 aliphatic rings. The summed E-state index contributed by atoms with van der Waals surface area (Å²) in [4.78, 5) is 21.8. The molecule has 0 saturated heterocycles. The Hall–Kier alpha value is -1.23. The Morgan fingerprint density at radius 2 is 2.38 bits per heavy atom. The quantitative estimate of drug-likeness (QED) is 0.792. The van der Waals surface area contributed by atoms with Crippen LogP contribution in [-0.4, -0.2) is 17.3 Å². The van der Waals surface area contributed by atoms with Crippen LogP contribution < -0.4 is 5.63 Å². The van der Waals surface area contributed by atoms with E-state index < -0.39 is 16.8 Å². The third-order valence-corrected chi connectivity index (χ3v) is 2.43. The molecule has 1 aromatic heterocycles. The average Bonchev–Trinajstić information content (AvgIpc) is 2.09. The normalized spacial score (nSPS) is 12.4. The molecular weight excluding hydrogens is 192 g/mol. The van der Waals surface area contributed by atoms with Gasteiger partial charge in [-0.15, -0.1) is 11.8 Å². The first-order chi connectivity index (χ1) is 6.16. The molecule has 0 amide bonds. The first kappa shape index (κ1) is 9.85. The van der Waals surface area contributed by atoms with E-state index in [-0.39, 0.29) is 5.56 Å². The number of carbonyl (C=O) groups is 1. The Balaban J connectivity index is 3.12. The van der Waals surface area contributed by atoms with Gasteiger partial charge in [0, 0.05) is 0 Å². The SMILES string of the molecule is CSC(C(=O)O)c1cccoc1=O. The van der Waals surface area contributed by atoms with Crippen LogP contribution >= 0.6 is 11.8 Å². The van der Waals surface area contributed by atoms with Gasteiger partial charge in [-0.1, -0.05) is 0 Å². The Morgan fingerprint density at radius 1 is 1.69 bits per heavy atom. The second-order valence-electron chi connectivity index (χ2n) is 2.31. The van der Waals surface area contributed by atoms with Gasteiger partial charge < -0.3 is 9.52 Å². The smallest absolute Gasteiger partial charge is 0.340 e. The van der Waals surface area contributed by atoms with Crippen LogP contribution in [-0.2, 0) is 4.79 Å². The summed E-state index contributed by atoms with van der Waals surface area (Å²) in [5.74, 6) is -1.04. The molecule has 0 bridgehead atoms. The number of aliphatic carboxylic acids is 1. The zero-order valence-electron chi connectivity index (χ0n) is 6.89. The minimum atomic E-state index is -1.04. The van der Waals surface area contributed by atoms with Gasteiger partial charge >= 0.3 is 11.6 Å². The Kier molecular flexibility index (Phi) is 3.13. The standard InChI is InChI=1S/C8H8O4S/c1-13-6(7(9)10)5-3-2-4-12-8(5)11/h2-4,6H,1H3,(H,9,10). The van der Waals surface area contributed by atoms with Gasteiger partial charge in [0.1, 0.15) is 5.25 Å². The number of hydrogen-bond acceptors (Lipinski definition) is 4. The summed E-state index contributed by atoms with van der Waals surface area (Å²) in [6, 6.07) is 2.96. The van der Waals surface area contributed by atoms with Crippen molar-refractivity contribution in [3.63, 3.8) is 0 Å². The molecule has 13 heavy (non-hydrogen) atoms. The van der Waals surface area contributed by atoms with E-state index in [0.29, 0.717) is 0 Å². The molecule has 0 aliphatic carbocycles. The van der Waals surface area contributed by atoms with Gasteiger partial charge in [0.25, 0.3) is 0 Å². The molecule has 4 nitrogen and oxygen atoms in total. The Morgan fingerprint density at radius 3 is 2.85 bits per heavy atom. The molecular formula is C8H8O4S. The van der Waals surface area contributed by atoms with Crippen LogP contribution in [0, 0.1) is 0 Å². The highest BCUT2D eigenvalue weighted by atomic mass is 32.2. The van der Waals surface area contributed by atoms with Crippen molar-refractivity contribution in [2.75, 3.05) is 6.26 Å². The molecule has 70 valence electrons. The van der Waals surface area contributed by atoms with Crippen molar-refractivity contribution < 1.29 is 14.3 Å². The highest BCUT2D eigenvalue weighted by Gasteiger charge is 2.21. The lowest BCUT2D eigenvalue weighted by molar-refractivity contribution is -0.136. The van der Waals surface area contributed by atoms with Crippen molar-refractivity contribution >= 4 is 17.7 Å². The predicted octanol–water partition coefficient (Wildman–Crippen LogP) is 1.13. The van der Waals surface area contributed by atoms with E-state index in [0.717, 1.165) is 11.8 Å². The van der Waals surface area contributed by atoms with Gasteiger partial charge in [-0.3, -0.25) is 4.79 Å². The van der Waals surface area contributed by atoms with Crippen molar-refractivity contribution in [2.24, 2.45) is 0 Å². The number of rotatable bonds is 3. The summed E-state index contributed by atoms with van der Waals surface area (Å²) >= 11 is 1.09. The molecule has 0 aliphatic heterocycles. The van der Waals surface area contributed by atoms with Crippen molar-refractivity contribution in [2.45, 2.75) is 5.25 Å². The molecule has 0 fully saturated rings. The summed E-state index contributed by atoms with van der Waals surface area (Å²) in [5, 5.41) is 7.90. The zero-order valence-corrected chi connectivity index (χ0v) is 7.71.